The molecule has 2 unspecified atom stereocenters. The number of hydrogen-bond donors (Lipinski definition) is 2. The fourth-order valence-electron chi connectivity index (χ4n) is 2.80. The minimum absolute atomic E-state index is 0.0290. The van der Waals surface area contributed by atoms with E-state index < -0.39 is 20.0 Å². The summed E-state index contributed by atoms with van der Waals surface area (Å²) < 4.78 is 52.8. The SMILES string of the molecule is CNS(=O)(=O)c1ccc(S(=O)(=O)N2CCCCC2C(C)N)cc1. The van der Waals surface area contributed by atoms with Crippen LogP contribution in [0.3, 0.4) is 0 Å². The molecule has 23 heavy (non-hydrogen) atoms. The Morgan fingerprint density at radius 1 is 1.13 bits per heavy atom. The monoisotopic (exact) mass is 361 g/mol. The molecule has 2 atom stereocenters. The molecule has 0 aliphatic carbocycles. The Balaban J connectivity index is 2.36. The van der Waals surface area contributed by atoms with Gasteiger partial charge in [0.1, 0.15) is 0 Å². The first-order chi connectivity index (χ1) is 10.7. The molecule has 7 nitrogen and oxygen atoms in total. The third kappa shape index (κ3) is 3.74. The molecule has 1 aromatic rings. The fourth-order valence-corrected chi connectivity index (χ4v) is 5.30. The summed E-state index contributed by atoms with van der Waals surface area (Å²) in [5.41, 5.74) is 5.94. The number of hydrogen-bond acceptors (Lipinski definition) is 5. The van der Waals surface area contributed by atoms with E-state index >= 15 is 0 Å². The summed E-state index contributed by atoms with van der Waals surface area (Å²) in [7, 11) is -5.97. The summed E-state index contributed by atoms with van der Waals surface area (Å²) in [6.07, 6.45) is 2.50. The zero-order chi connectivity index (χ0) is 17.3. The molecule has 1 aliphatic heterocycles. The van der Waals surface area contributed by atoms with Crippen LogP contribution in [0.5, 0.6) is 0 Å². The van der Waals surface area contributed by atoms with Crippen molar-refractivity contribution in [1.29, 1.82) is 0 Å². The maximum atomic E-state index is 12.8. The van der Waals surface area contributed by atoms with E-state index in [9.17, 15) is 16.8 Å². The molecule has 130 valence electrons. The van der Waals surface area contributed by atoms with Crippen molar-refractivity contribution >= 4 is 20.0 Å². The molecule has 1 fully saturated rings. The second-order valence-corrected chi connectivity index (χ2v) is 9.49. The normalized spacial score (nSPS) is 22.0. The van der Waals surface area contributed by atoms with Gasteiger partial charge in [0.25, 0.3) is 0 Å². The number of rotatable bonds is 5. The van der Waals surface area contributed by atoms with Crippen LogP contribution in [0.1, 0.15) is 26.2 Å². The second kappa shape index (κ2) is 6.86. The number of sulfonamides is 2. The van der Waals surface area contributed by atoms with Crippen LogP contribution in [0.15, 0.2) is 34.1 Å². The molecule has 9 heteroatoms. The Hall–Kier alpha value is -1.00. The topological polar surface area (TPSA) is 110 Å². The quantitative estimate of drug-likeness (QED) is 0.793. The van der Waals surface area contributed by atoms with E-state index in [0.29, 0.717) is 6.54 Å². The van der Waals surface area contributed by atoms with Crippen LogP contribution in [0.4, 0.5) is 0 Å². The lowest BCUT2D eigenvalue weighted by molar-refractivity contribution is 0.227. The minimum atomic E-state index is -3.69. The Morgan fingerprint density at radius 3 is 2.22 bits per heavy atom. The van der Waals surface area contributed by atoms with Crippen molar-refractivity contribution in [2.24, 2.45) is 5.73 Å². The molecule has 1 aromatic carbocycles. The summed E-state index contributed by atoms with van der Waals surface area (Å²) in [5, 5.41) is 0. The molecule has 1 saturated heterocycles. The first-order valence-corrected chi connectivity index (χ1v) is 10.4. The summed E-state index contributed by atoms with van der Waals surface area (Å²) in [6.45, 7) is 2.24. The lowest BCUT2D eigenvalue weighted by Crippen LogP contribution is -2.51. The lowest BCUT2D eigenvalue weighted by atomic mass is 10.00. The van der Waals surface area contributed by atoms with Crippen molar-refractivity contribution < 1.29 is 16.8 Å². The molecule has 1 heterocycles. The van der Waals surface area contributed by atoms with Gasteiger partial charge >= 0.3 is 0 Å². The van der Waals surface area contributed by atoms with E-state index in [2.05, 4.69) is 4.72 Å². The van der Waals surface area contributed by atoms with Gasteiger partial charge in [-0.15, -0.1) is 0 Å². The first-order valence-electron chi connectivity index (χ1n) is 7.51. The van der Waals surface area contributed by atoms with E-state index in [-0.39, 0.29) is 21.9 Å². The van der Waals surface area contributed by atoms with Gasteiger partial charge in [-0.25, -0.2) is 21.6 Å². The molecule has 0 aromatic heterocycles. The Kier molecular flexibility index (Phi) is 5.47. The van der Waals surface area contributed by atoms with Gasteiger partial charge in [-0.2, -0.15) is 4.31 Å². The van der Waals surface area contributed by atoms with Crippen molar-refractivity contribution in [3.05, 3.63) is 24.3 Å². The average molecular weight is 361 g/mol. The standard InChI is InChI=1S/C14H23N3O4S2/c1-11(15)14-5-3-4-10-17(14)23(20,21)13-8-6-12(7-9-13)22(18,19)16-2/h6-9,11,14,16H,3-5,10,15H2,1-2H3. The predicted molar refractivity (Wildman–Crippen MR) is 87.9 cm³/mol. The highest BCUT2D eigenvalue weighted by Crippen LogP contribution is 2.27. The van der Waals surface area contributed by atoms with Gasteiger partial charge < -0.3 is 5.73 Å². The average Bonchev–Trinajstić information content (AvgIpc) is 2.55. The highest BCUT2D eigenvalue weighted by Gasteiger charge is 2.35. The molecule has 2 rings (SSSR count). The van der Waals surface area contributed by atoms with Gasteiger partial charge in [-0.05, 0) is 51.1 Å². The van der Waals surface area contributed by atoms with E-state index in [1.165, 1.54) is 35.6 Å². The summed E-state index contributed by atoms with van der Waals surface area (Å²) in [5.74, 6) is 0. The smallest absolute Gasteiger partial charge is 0.243 e. The first kappa shape index (κ1) is 18.3. The van der Waals surface area contributed by atoms with Gasteiger partial charge in [0, 0.05) is 18.6 Å². The van der Waals surface area contributed by atoms with Crippen LogP contribution in [-0.4, -0.2) is 46.8 Å². The fraction of sp³-hybridized carbons (Fsp3) is 0.571. The Morgan fingerprint density at radius 2 is 1.70 bits per heavy atom. The summed E-state index contributed by atoms with van der Waals surface area (Å²) in [4.78, 5) is 0.112. The van der Waals surface area contributed by atoms with Crippen LogP contribution in [0.2, 0.25) is 0 Å². The molecule has 1 aliphatic rings. The van der Waals surface area contributed by atoms with Gasteiger partial charge in [-0.3, -0.25) is 0 Å². The summed E-state index contributed by atoms with van der Waals surface area (Å²) in [6, 6.07) is 4.76. The molecule has 3 N–H and O–H groups in total. The van der Waals surface area contributed by atoms with E-state index in [1.807, 2.05) is 0 Å². The molecule has 0 spiro atoms. The molecule has 0 saturated carbocycles. The van der Waals surface area contributed by atoms with Crippen molar-refractivity contribution in [1.82, 2.24) is 9.03 Å². The van der Waals surface area contributed by atoms with Gasteiger partial charge in [0.15, 0.2) is 0 Å². The van der Waals surface area contributed by atoms with Crippen LogP contribution < -0.4 is 10.5 Å². The highest BCUT2D eigenvalue weighted by atomic mass is 32.2. The molecule has 0 bridgehead atoms. The summed E-state index contributed by atoms with van der Waals surface area (Å²) >= 11 is 0. The number of piperidine rings is 1. The van der Waals surface area contributed by atoms with E-state index in [1.54, 1.807) is 6.92 Å². The Bertz CT molecular complexity index is 743. The van der Waals surface area contributed by atoms with Gasteiger partial charge in [0.05, 0.1) is 9.79 Å². The van der Waals surface area contributed by atoms with Crippen molar-refractivity contribution in [3.8, 4) is 0 Å². The Labute approximate surface area is 138 Å². The third-order valence-electron chi connectivity index (χ3n) is 4.11. The number of nitrogens with two attached hydrogens (primary N) is 1. The number of nitrogens with zero attached hydrogens (tertiary/aromatic N) is 1. The van der Waals surface area contributed by atoms with Gasteiger partial charge in [-0.1, -0.05) is 6.42 Å². The predicted octanol–water partition coefficient (Wildman–Crippen LogP) is 0.485. The van der Waals surface area contributed by atoms with E-state index in [4.69, 9.17) is 5.73 Å². The largest absolute Gasteiger partial charge is 0.326 e. The zero-order valence-electron chi connectivity index (χ0n) is 13.3. The molecular weight excluding hydrogens is 338 g/mol. The molecule has 0 radical (unpaired) electrons. The highest BCUT2D eigenvalue weighted by molar-refractivity contribution is 7.89. The number of benzene rings is 1. The van der Waals surface area contributed by atoms with Crippen molar-refractivity contribution in [2.75, 3.05) is 13.6 Å². The molecular formula is C14H23N3O4S2. The minimum Gasteiger partial charge on any atom is -0.326 e. The maximum absolute atomic E-state index is 12.8. The van der Waals surface area contributed by atoms with Gasteiger partial charge in [0.2, 0.25) is 20.0 Å². The molecule has 0 amide bonds. The van der Waals surface area contributed by atoms with Crippen LogP contribution in [-0.2, 0) is 20.0 Å². The second-order valence-electron chi connectivity index (χ2n) is 5.72. The number of nitrogens with one attached hydrogen (secondary N) is 1. The van der Waals surface area contributed by atoms with Crippen molar-refractivity contribution in [2.45, 2.75) is 48.1 Å². The van der Waals surface area contributed by atoms with Crippen LogP contribution in [0.25, 0.3) is 0 Å². The lowest BCUT2D eigenvalue weighted by Gasteiger charge is -2.36. The van der Waals surface area contributed by atoms with E-state index in [0.717, 1.165) is 19.3 Å². The van der Waals surface area contributed by atoms with Crippen LogP contribution >= 0.6 is 0 Å². The third-order valence-corrected chi connectivity index (χ3v) is 7.48. The van der Waals surface area contributed by atoms with Crippen LogP contribution in [0, 0.1) is 0 Å². The zero-order valence-corrected chi connectivity index (χ0v) is 14.9. The maximum Gasteiger partial charge on any atom is 0.243 e. The van der Waals surface area contributed by atoms with Crippen molar-refractivity contribution in [3.63, 3.8) is 0 Å².